The molecule has 1 unspecified atom stereocenters. The van der Waals surface area contributed by atoms with E-state index in [9.17, 15) is 14.0 Å². The Labute approximate surface area is 169 Å². The van der Waals surface area contributed by atoms with Gasteiger partial charge < -0.3 is 20.5 Å². The van der Waals surface area contributed by atoms with Crippen LogP contribution in [-0.2, 0) is 4.79 Å². The van der Waals surface area contributed by atoms with Gasteiger partial charge in [0.2, 0.25) is 5.88 Å². The van der Waals surface area contributed by atoms with E-state index >= 15 is 0 Å². The summed E-state index contributed by atoms with van der Waals surface area (Å²) >= 11 is 0. The lowest BCUT2D eigenvalue weighted by molar-refractivity contribution is -0.124. The third kappa shape index (κ3) is 5.00. The Morgan fingerprint density at radius 2 is 2.03 bits per heavy atom. The van der Waals surface area contributed by atoms with E-state index in [0.717, 1.165) is 29.9 Å². The Morgan fingerprint density at radius 3 is 2.48 bits per heavy atom. The molecule has 1 aliphatic carbocycles. The Morgan fingerprint density at radius 1 is 1.34 bits per heavy atom. The van der Waals surface area contributed by atoms with E-state index in [-0.39, 0.29) is 11.5 Å². The van der Waals surface area contributed by atoms with E-state index < -0.39 is 12.1 Å². The summed E-state index contributed by atoms with van der Waals surface area (Å²) in [6, 6.07) is 5.42. The lowest BCUT2D eigenvalue weighted by Crippen LogP contribution is -2.20. The molecule has 2 fully saturated rings. The lowest BCUT2D eigenvalue weighted by Gasteiger charge is -2.13. The van der Waals surface area contributed by atoms with E-state index in [4.69, 9.17) is 9.47 Å². The van der Waals surface area contributed by atoms with Gasteiger partial charge in [-0.2, -0.15) is 0 Å². The van der Waals surface area contributed by atoms with Gasteiger partial charge in [-0.15, -0.1) is 0 Å². The first-order chi connectivity index (χ1) is 13.9. The number of hydrogen-bond acceptors (Lipinski definition) is 6. The van der Waals surface area contributed by atoms with Gasteiger partial charge in [0.05, 0.1) is 18.8 Å². The van der Waals surface area contributed by atoms with E-state index in [2.05, 4.69) is 16.0 Å². The second kappa shape index (κ2) is 9.65. The van der Waals surface area contributed by atoms with Crippen LogP contribution in [0, 0.1) is 5.41 Å². The molecule has 1 aliphatic heterocycles. The first-order valence-corrected chi connectivity index (χ1v) is 9.48. The van der Waals surface area contributed by atoms with Crippen molar-refractivity contribution in [3.05, 3.63) is 30.0 Å². The Balaban J connectivity index is 0.000000226. The highest BCUT2D eigenvalue weighted by Crippen LogP contribution is 2.51. The highest BCUT2D eigenvalue weighted by molar-refractivity contribution is 5.94. The quantitative estimate of drug-likeness (QED) is 0.758. The number of aldehydes is 1. The monoisotopic (exact) mass is 405 g/mol. The third-order valence-electron chi connectivity index (χ3n) is 4.82. The van der Waals surface area contributed by atoms with Gasteiger partial charge >= 0.3 is 0 Å². The first kappa shape index (κ1) is 22.5. The zero-order chi connectivity index (χ0) is 21.6. The summed E-state index contributed by atoms with van der Waals surface area (Å²) in [5.41, 5.74) is 4.78. The number of rotatable bonds is 4. The zero-order valence-corrected chi connectivity index (χ0v) is 17.2. The van der Waals surface area contributed by atoms with Crippen LogP contribution in [0.15, 0.2) is 24.4 Å². The molecule has 1 atom stereocenters. The molecule has 1 amide bonds. The fraction of sp³-hybridized carbons (Fsp3) is 0.476. The number of amides is 1. The number of carbonyl (C=O) groups excluding carboxylic acids is 2. The van der Waals surface area contributed by atoms with Crippen LogP contribution in [0.2, 0.25) is 0 Å². The number of ether oxygens (including phenoxy) is 2. The van der Waals surface area contributed by atoms with Gasteiger partial charge in [0.25, 0.3) is 5.91 Å². The van der Waals surface area contributed by atoms with Crippen molar-refractivity contribution in [3.63, 3.8) is 0 Å². The molecule has 7 nitrogen and oxygen atoms in total. The van der Waals surface area contributed by atoms with Crippen LogP contribution < -0.4 is 20.5 Å². The number of alkyl halides is 1. The number of benzene rings is 1. The Hall–Kier alpha value is -2.74. The van der Waals surface area contributed by atoms with E-state index in [1.54, 1.807) is 25.4 Å². The second-order valence-corrected chi connectivity index (χ2v) is 7.16. The summed E-state index contributed by atoms with van der Waals surface area (Å²) in [5.74, 6) is 0.671. The maximum Gasteiger partial charge on any atom is 0.255 e. The predicted octanol–water partition coefficient (Wildman–Crippen LogP) is 2.65. The van der Waals surface area contributed by atoms with Crippen molar-refractivity contribution in [1.29, 1.82) is 0 Å². The van der Waals surface area contributed by atoms with E-state index in [1.165, 1.54) is 7.05 Å². The number of nitrogens with two attached hydrogens (primary N) is 1. The summed E-state index contributed by atoms with van der Waals surface area (Å²) in [7, 11) is 3.07. The number of hydrogen-bond donors (Lipinski definition) is 2. The summed E-state index contributed by atoms with van der Waals surface area (Å²) in [6.07, 6.45) is 3.00. The number of halogens is 1. The maximum atomic E-state index is 12.7. The summed E-state index contributed by atoms with van der Waals surface area (Å²) in [6.45, 7) is 4.39. The zero-order valence-electron chi connectivity index (χ0n) is 17.2. The molecule has 1 saturated heterocycles. The highest BCUT2D eigenvalue weighted by Gasteiger charge is 2.57. The molecule has 29 heavy (non-hydrogen) atoms. The number of fused-ring (bicyclic) bond motifs is 1. The number of methoxy groups -OCH3 is 1. The number of aromatic nitrogens is 1. The smallest absolute Gasteiger partial charge is 0.255 e. The Kier molecular flexibility index (Phi) is 7.50. The van der Waals surface area contributed by atoms with Crippen molar-refractivity contribution in [2.75, 3.05) is 20.7 Å². The molecule has 2 aromatic rings. The van der Waals surface area contributed by atoms with E-state index in [1.807, 2.05) is 19.9 Å². The Bertz CT molecular complexity index is 868. The number of carbonyl (C=O) groups is 2. The number of pyridine rings is 1. The van der Waals surface area contributed by atoms with Gasteiger partial charge in [-0.05, 0) is 57.3 Å². The molecule has 2 heterocycles. The minimum absolute atomic E-state index is 0.00353. The largest absolute Gasteiger partial charge is 0.490 e. The van der Waals surface area contributed by atoms with Gasteiger partial charge in [0.15, 0.2) is 12.5 Å². The molecule has 1 saturated carbocycles. The maximum absolute atomic E-state index is 12.7. The molecule has 0 bridgehead atoms. The van der Waals surface area contributed by atoms with Crippen LogP contribution in [0.4, 0.5) is 4.39 Å². The second-order valence-electron chi connectivity index (χ2n) is 7.16. The molecule has 1 spiro atoms. The minimum atomic E-state index is -1.21. The van der Waals surface area contributed by atoms with Crippen LogP contribution in [0.25, 0.3) is 10.8 Å². The SMILES string of the molecule is CN.COc1nccc2cc(C=O)c(OC(C)C)cc12.O=C1NCC2(CC2)C1F. The van der Waals surface area contributed by atoms with Crippen molar-refractivity contribution in [2.24, 2.45) is 11.1 Å². The van der Waals surface area contributed by atoms with Crippen molar-refractivity contribution >= 4 is 23.0 Å². The number of nitrogens with one attached hydrogen (secondary N) is 1. The molecule has 1 aromatic carbocycles. The molecule has 3 N–H and O–H groups in total. The van der Waals surface area contributed by atoms with Crippen LogP contribution in [0.1, 0.15) is 37.0 Å². The standard InChI is InChI=1S/C14H15NO3.C6H8FNO.CH5N/c1-9(2)18-13-7-12-10(6-11(13)8-16)4-5-15-14(12)17-3;7-4-5(9)8-3-6(4)1-2-6;1-2/h4-9H,1-3H3;4H,1-3H2,(H,8,9);2H2,1H3. The lowest BCUT2D eigenvalue weighted by atomic mass is 10.1. The van der Waals surface area contributed by atoms with E-state index in [0.29, 0.717) is 23.7 Å². The molecule has 2 aliphatic rings. The van der Waals surface area contributed by atoms with Crippen molar-refractivity contribution in [3.8, 4) is 11.6 Å². The van der Waals surface area contributed by atoms with Crippen LogP contribution >= 0.6 is 0 Å². The fourth-order valence-electron chi connectivity index (χ4n) is 3.11. The van der Waals surface area contributed by atoms with Crippen LogP contribution in [0.3, 0.4) is 0 Å². The van der Waals surface area contributed by atoms with Crippen LogP contribution in [-0.4, -0.2) is 50.2 Å². The predicted molar refractivity (Wildman–Crippen MR) is 109 cm³/mol. The molecule has 8 heteroatoms. The van der Waals surface area contributed by atoms with Gasteiger partial charge in [-0.25, -0.2) is 9.37 Å². The third-order valence-corrected chi connectivity index (χ3v) is 4.82. The van der Waals surface area contributed by atoms with Gasteiger partial charge in [0.1, 0.15) is 5.75 Å². The van der Waals surface area contributed by atoms with Gasteiger partial charge in [-0.3, -0.25) is 9.59 Å². The van der Waals surface area contributed by atoms with Crippen molar-refractivity contribution in [2.45, 2.75) is 39.0 Å². The topological polar surface area (TPSA) is 104 Å². The number of nitrogens with zero attached hydrogens (tertiary/aromatic N) is 1. The minimum Gasteiger partial charge on any atom is -0.490 e. The molecular weight excluding hydrogens is 377 g/mol. The van der Waals surface area contributed by atoms with Crippen molar-refractivity contribution < 1.29 is 23.5 Å². The van der Waals surface area contributed by atoms with Crippen LogP contribution in [0.5, 0.6) is 11.6 Å². The molecule has 1 aromatic heterocycles. The molecule has 0 radical (unpaired) electrons. The molecule has 4 rings (SSSR count). The summed E-state index contributed by atoms with van der Waals surface area (Å²) in [5, 5.41) is 4.25. The summed E-state index contributed by atoms with van der Waals surface area (Å²) < 4.78 is 23.6. The fourth-order valence-corrected chi connectivity index (χ4v) is 3.11. The molecular formula is C21H28FN3O4. The highest BCUT2D eigenvalue weighted by atomic mass is 19.1. The van der Waals surface area contributed by atoms with Gasteiger partial charge in [-0.1, -0.05) is 0 Å². The average Bonchev–Trinajstić information content (AvgIpc) is 3.47. The normalized spacial score (nSPS) is 18.3. The molecule has 158 valence electrons. The van der Waals surface area contributed by atoms with Crippen molar-refractivity contribution in [1.82, 2.24) is 10.3 Å². The first-order valence-electron chi connectivity index (χ1n) is 9.48. The van der Waals surface area contributed by atoms with Gasteiger partial charge in [0, 0.05) is 23.5 Å². The summed E-state index contributed by atoms with van der Waals surface area (Å²) in [4.78, 5) is 25.8. The average molecular weight is 405 g/mol.